The van der Waals surface area contributed by atoms with E-state index >= 15 is 0 Å². The molecule has 2 heterocycles. The number of aromatic nitrogens is 4. The van der Waals surface area contributed by atoms with Crippen molar-refractivity contribution in [2.75, 3.05) is 12.4 Å². The third-order valence-corrected chi connectivity index (χ3v) is 4.12. The quantitative estimate of drug-likeness (QED) is 0.663. The zero-order chi connectivity index (χ0) is 16.9. The Hall–Kier alpha value is -2.38. The Kier molecular flexibility index (Phi) is 5.12. The zero-order valence-corrected chi connectivity index (χ0v) is 14.6. The van der Waals surface area contributed by atoms with E-state index in [0.29, 0.717) is 17.6 Å². The molecule has 6 nitrogen and oxygen atoms in total. The lowest BCUT2D eigenvalue weighted by molar-refractivity contribution is 0.181. The van der Waals surface area contributed by atoms with Crippen LogP contribution in [0.1, 0.15) is 17.0 Å². The maximum absolute atomic E-state index is 5.21. The second-order valence-corrected chi connectivity index (χ2v) is 6.48. The van der Waals surface area contributed by atoms with E-state index in [0.717, 1.165) is 22.1 Å². The van der Waals surface area contributed by atoms with E-state index in [1.807, 2.05) is 19.1 Å². The van der Waals surface area contributed by atoms with Gasteiger partial charge in [-0.25, -0.2) is 9.97 Å². The Labute approximate surface area is 145 Å². The molecular formula is C17H19N5OS. The van der Waals surface area contributed by atoms with Crippen molar-refractivity contribution in [1.29, 1.82) is 0 Å². The summed E-state index contributed by atoms with van der Waals surface area (Å²) in [6, 6.07) is 12.1. The van der Waals surface area contributed by atoms with Crippen molar-refractivity contribution in [3.63, 3.8) is 0 Å². The van der Waals surface area contributed by atoms with Crippen molar-refractivity contribution < 1.29 is 4.74 Å². The molecule has 3 aromatic rings. The van der Waals surface area contributed by atoms with Crippen LogP contribution in [-0.2, 0) is 11.3 Å². The first-order valence-electron chi connectivity index (χ1n) is 7.53. The summed E-state index contributed by atoms with van der Waals surface area (Å²) in [7, 11) is 1.65. The molecule has 0 aliphatic carbocycles. The number of hydrogen-bond acceptors (Lipinski definition) is 6. The van der Waals surface area contributed by atoms with Crippen molar-refractivity contribution in [3.05, 3.63) is 53.3 Å². The van der Waals surface area contributed by atoms with E-state index in [1.54, 1.807) is 7.11 Å². The highest BCUT2D eigenvalue weighted by atomic mass is 32.2. The second-order valence-electron chi connectivity index (χ2n) is 5.44. The van der Waals surface area contributed by atoms with Gasteiger partial charge in [-0.2, -0.15) is 5.10 Å². The molecule has 0 fully saturated rings. The number of benzene rings is 1. The molecule has 0 aliphatic rings. The number of aryl methyl sites for hydroxylation is 2. The Morgan fingerprint density at radius 2 is 1.88 bits per heavy atom. The predicted octanol–water partition coefficient (Wildman–Crippen LogP) is 3.86. The number of nitrogens with zero attached hydrogens (tertiary/aromatic N) is 3. The second kappa shape index (κ2) is 7.46. The SMILES string of the molecule is COCc1cc(Nc2cc(C)[nH]n2)nc(Sc2ccc(C)cc2)n1. The van der Waals surface area contributed by atoms with Crippen LogP contribution in [0.15, 0.2) is 46.5 Å². The van der Waals surface area contributed by atoms with Gasteiger partial charge < -0.3 is 10.1 Å². The largest absolute Gasteiger partial charge is 0.378 e. The van der Waals surface area contributed by atoms with Crippen molar-refractivity contribution in [1.82, 2.24) is 20.2 Å². The first-order valence-corrected chi connectivity index (χ1v) is 8.34. The van der Waals surface area contributed by atoms with Crippen LogP contribution in [-0.4, -0.2) is 27.3 Å². The van der Waals surface area contributed by atoms with Crippen LogP contribution >= 0.6 is 11.8 Å². The summed E-state index contributed by atoms with van der Waals surface area (Å²) in [5.41, 5.74) is 3.03. The summed E-state index contributed by atoms with van der Waals surface area (Å²) in [4.78, 5) is 10.2. The van der Waals surface area contributed by atoms with Crippen molar-refractivity contribution in [2.24, 2.45) is 0 Å². The molecule has 0 atom stereocenters. The molecule has 0 radical (unpaired) electrons. The molecule has 0 bridgehead atoms. The number of H-pyrrole nitrogens is 1. The lowest BCUT2D eigenvalue weighted by atomic mass is 10.2. The number of hydrogen-bond donors (Lipinski definition) is 2. The standard InChI is InChI=1S/C17H19N5OS/c1-11-4-6-14(7-5-11)24-17-18-13(10-23-3)9-15(20-17)19-16-8-12(2)21-22-16/h4-9H,10H2,1-3H3,(H2,18,19,20,21,22). The van der Waals surface area contributed by atoms with Crippen LogP contribution in [0.2, 0.25) is 0 Å². The monoisotopic (exact) mass is 341 g/mol. The number of ether oxygens (including phenoxy) is 1. The first-order chi connectivity index (χ1) is 11.6. The van der Waals surface area contributed by atoms with Crippen LogP contribution in [0, 0.1) is 13.8 Å². The molecule has 0 saturated carbocycles. The Balaban J connectivity index is 1.85. The Morgan fingerprint density at radius 1 is 1.08 bits per heavy atom. The van der Waals surface area contributed by atoms with E-state index in [9.17, 15) is 0 Å². The molecule has 0 unspecified atom stereocenters. The van der Waals surface area contributed by atoms with Gasteiger partial charge in [0.2, 0.25) is 0 Å². The van der Waals surface area contributed by atoms with Crippen LogP contribution in [0.4, 0.5) is 11.6 Å². The van der Waals surface area contributed by atoms with Gasteiger partial charge in [-0.15, -0.1) is 0 Å². The van der Waals surface area contributed by atoms with E-state index < -0.39 is 0 Å². The topological polar surface area (TPSA) is 75.7 Å². The fourth-order valence-electron chi connectivity index (χ4n) is 2.13. The van der Waals surface area contributed by atoms with Crippen molar-refractivity contribution >= 4 is 23.4 Å². The molecule has 0 spiro atoms. The minimum absolute atomic E-state index is 0.429. The third kappa shape index (κ3) is 4.33. The fourth-order valence-corrected chi connectivity index (χ4v) is 2.92. The highest BCUT2D eigenvalue weighted by Gasteiger charge is 2.08. The normalized spacial score (nSPS) is 10.8. The van der Waals surface area contributed by atoms with E-state index in [1.165, 1.54) is 17.3 Å². The summed E-state index contributed by atoms with van der Waals surface area (Å²) in [6.45, 7) is 4.45. The molecule has 3 rings (SSSR count). The lowest BCUT2D eigenvalue weighted by Gasteiger charge is -2.08. The van der Waals surface area contributed by atoms with Gasteiger partial charge >= 0.3 is 0 Å². The van der Waals surface area contributed by atoms with Gasteiger partial charge in [-0.3, -0.25) is 5.10 Å². The molecular weight excluding hydrogens is 322 g/mol. The molecule has 2 aromatic heterocycles. The highest BCUT2D eigenvalue weighted by Crippen LogP contribution is 2.27. The smallest absolute Gasteiger partial charge is 0.194 e. The number of methoxy groups -OCH3 is 1. The summed E-state index contributed by atoms with van der Waals surface area (Å²) in [6.07, 6.45) is 0. The summed E-state index contributed by atoms with van der Waals surface area (Å²) in [5, 5.41) is 10.9. The molecule has 1 aromatic carbocycles. The number of anilines is 2. The van der Waals surface area contributed by atoms with Gasteiger partial charge in [0, 0.05) is 29.8 Å². The molecule has 0 aliphatic heterocycles. The number of rotatable bonds is 6. The van der Waals surface area contributed by atoms with Gasteiger partial charge in [0.1, 0.15) is 5.82 Å². The van der Waals surface area contributed by atoms with Crippen LogP contribution in [0.25, 0.3) is 0 Å². The molecule has 124 valence electrons. The lowest BCUT2D eigenvalue weighted by Crippen LogP contribution is -2.01. The Bertz CT molecular complexity index is 816. The molecule has 2 N–H and O–H groups in total. The maximum atomic E-state index is 5.21. The Morgan fingerprint density at radius 3 is 2.54 bits per heavy atom. The number of aromatic amines is 1. The molecule has 7 heteroatoms. The first kappa shape index (κ1) is 16.5. The maximum Gasteiger partial charge on any atom is 0.194 e. The van der Waals surface area contributed by atoms with Crippen LogP contribution in [0.5, 0.6) is 0 Å². The van der Waals surface area contributed by atoms with Gasteiger partial charge in [-0.1, -0.05) is 17.7 Å². The van der Waals surface area contributed by atoms with Crippen molar-refractivity contribution in [3.8, 4) is 0 Å². The molecule has 0 saturated heterocycles. The fraction of sp³-hybridized carbons (Fsp3) is 0.235. The third-order valence-electron chi connectivity index (χ3n) is 3.24. The number of nitrogens with one attached hydrogen (secondary N) is 2. The average molecular weight is 341 g/mol. The van der Waals surface area contributed by atoms with Gasteiger partial charge in [0.25, 0.3) is 0 Å². The molecule has 0 amide bonds. The minimum Gasteiger partial charge on any atom is -0.378 e. The van der Waals surface area contributed by atoms with E-state index in [-0.39, 0.29) is 0 Å². The van der Waals surface area contributed by atoms with E-state index in [2.05, 4.69) is 56.7 Å². The average Bonchev–Trinajstić information content (AvgIpc) is 2.95. The van der Waals surface area contributed by atoms with E-state index in [4.69, 9.17) is 4.74 Å². The van der Waals surface area contributed by atoms with Crippen LogP contribution < -0.4 is 5.32 Å². The summed E-state index contributed by atoms with van der Waals surface area (Å²) >= 11 is 1.52. The molecule has 24 heavy (non-hydrogen) atoms. The van der Waals surface area contributed by atoms with Gasteiger partial charge in [0.05, 0.1) is 12.3 Å². The minimum atomic E-state index is 0.429. The summed E-state index contributed by atoms with van der Waals surface area (Å²) < 4.78 is 5.21. The summed E-state index contributed by atoms with van der Waals surface area (Å²) in [5.74, 6) is 1.42. The van der Waals surface area contributed by atoms with Crippen molar-refractivity contribution in [2.45, 2.75) is 30.5 Å². The predicted molar refractivity (Wildman–Crippen MR) is 94.7 cm³/mol. The highest BCUT2D eigenvalue weighted by molar-refractivity contribution is 7.99. The van der Waals surface area contributed by atoms with Gasteiger partial charge in [0.15, 0.2) is 11.0 Å². The van der Waals surface area contributed by atoms with Gasteiger partial charge in [-0.05, 0) is 37.7 Å². The zero-order valence-electron chi connectivity index (χ0n) is 13.8. The van der Waals surface area contributed by atoms with Crippen LogP contribution in [0.3, 0.4) is 0 Å².